The third kappa shape index (κ3) is 2.93. The number of rotatable bonds is 4. The number of nitrogens with zero attached hydrogens (tertiary/aromatic N) is 2. The highest BCUT2D eigenvalue weighted by atomic mass is 19.1. The third-order valence-corrected chi connectivity index (χ3v) is 4.07. The zero-order valence-electron chi connectivity index (χ0n) is 12.0. The van der Waals surface area contributed by atoms with Crippen LogP contribution in [0.4, 0.5) is 10.1 Å². The maximum absolute atomic E-state index is 13.7. The van der Waals surface area contributed by atoms with Crippen molar-refractivity contribution >= 4 is 11.7 Å². The topological polar surface area (TPSA) is 43.8 Å². The number of carbonyl (C=O) groups is 1. The summed E-state index contributed by atoms with van der Waals surface area (Å²) in [5.74, 6) is -1.87. The minimum Gasteiger partial charge on any atom is -0.478 e. The Bertz CT molecular complexity index is 485. The smallest absolute Gasteiger partial charge is 0.340 e. The molecule has 1 aromatic rings. The van der Waals surface area contributed by atoms with Gasteiger partial charge in [-0.3, -0.25) is 4.90 Å². The Morgan fingerprint density at radius 2 is 2.00 bits per heavy atom. The van der Waals surface area contributed by atoms with Crippen LogP contribution in [0.3, 0.4) is 0 Å². The zero-order chi connectivity index (χ0) is 14.7. The number of piperazine rings is 1. The van der Waals surface area contributed by atoms with Crippen LogP contribution in [0.25, 0.3) is 0 Å². The lowest BCUT2D eigenvalue weighted by atomic mass is 10.1. The summed E-state index contributed by atoms with van der Waals surface area (Å²) in [6.45, 7) is 7.57. The fraction of sp³-hybridized carbons (Fsp3) is 0.533. The predicted molar refractivity (Wildman–Crippen MR) is 76.9 cm³/mol. The van der Waals surface area contributed by atoms with E-state index >= 15 is 0 Å². The molecule has 1 fully saturated rings. The molecule has 0 radical (unpaired) electrons. The van der Waals surface area contributed by atoms with Gasteiger partial charge in [0.25, 0.3) is 0 Å². The number of hydrogen-bond acceptors (Lipinski definition) is 3. The first-order valence-electron chi connectivity index (χ1n) is 7.05. The second-order valence-electron chi connectivity index (χ2n) is 5.22. The molecular weight excluding hydrogens is 259 g/mol. The summed E-state index contributed by atoms with van der Waals surface area (Å²) in [6, 6.07) is 4.98. The first-order chi connectivity index (χ1) is 9.54. The molecule has 5 heteroatoms. The molecule has 20 heavy (non-hydrogen) atoms. The standard InChI is InChI=1S/C15H21FN2O2/c1-3-11(2)17-7-9-18(10-8-17)13-6-4-5-12(16)14(13)15(19)20/h4-6,11H,3,7-10H2,1-2H3,(H,19,20). The molecule has 0 aliphatic carbocycles. The summed E-state index contributed by atoms with van der Waals surface area (Å²) < 4.78 is 13.7. The van der Waals surface area contributed by atoms with E-state index in [-0.39, 0.29) is 5.56 Å². The van der Waals surface area contributed by atoms with Crippen molar-refractivity contribution in [3.63, 3.8) is 0 Å². The normalized spacial score (nSPS) is 18.1. The van der Waals surface area contributed by atoms with E-state index in [1.54, 1.807) is 12.1 Å². The number of halogens is 1. The average Bonchev–Trinajstić information content (AvgIpc) is 2.46. The molecule has 1 saturated heterocycles. The van der Waals surface area contributed by atoms with E-state index in [2.05, 4.69) is 18.7 Å². The van der Waals surface area contributed by atoms with Crippen LogP contribution in [0.1, 0.15) is 30.6 Å². The molecule has 1 aliphatic heterocycles. The van der Waals surface area contributed by atoms with E-state index in [0.29, 0.717) is 11.7 Å². The Morgan fingerprint density at radius 1 is 1.35 bits per heavy atom. The first-order valence-corrected chi connectivity index (χ1v) is 7.05. The second-order valence-corrected chi connectivity index (χ2v) is 5.22. The molecule has 1 aliphatic rings. The van der Waals surface area contributed by atoms with Gasteiger partial charge in [-0.15, -0.1) is 0 Å². The Kier molecular flexibility index (Phi) is 4.60. The highest BCUT2D eigenvalue weighted by Crippen LogP contribution is 2.25. The molecule has 110 valence electrons. The zero-order valence-corrected chi connectivity index (χ0v) is 12.0. The Balaban J connectivity index is 2.15. The largest absolute Gasteiger partial charge is 0.478 e. The number of hydrogen-bond donors (Lipinski definition) is 1. The Labute approximate surface area is 118 Å². The van der Waals surface area contributed by atoms with Gasteiger partial charge in [0.1, 0.15) is 11.4 Å². The third-order valence-electron chi connectivity index (χ3n) is 4.07. The van der Waals surface area contributed by atoms with E-state index in [0.717, 1.165) is 32.6 Å². The molecule has 1 heterocycles. The van der Waals surface area contributed by atoms with Crippen molar-refractivity contribution in [1.82, 2.24) is 4.90 Å². The molecular formula is C15H21FN2O2. The number of carboxylic acids is 1. The van der Waals surface area contributed by atoms with E-state index in [9.17, 15) is 14.3 Å². The minimum absolute atomic E-state index is 0.218. The number of aromatic carboxylic acids is 1. The van der Waals surface area contributed by atoms with Gasteiger partial charge >= 0.3 is 5.97 Å². The van der Waals surface area contributed by atoms with Gasteiger partial charge in [0, 0.05) is 32.2 Å². The maximum Gasteiger partial charge on any atom is 0.340 e. The minimum atomic E-state index is -1.21. The van der Waals surface area contributed by atoms with Gasteiger partial charge in [-0.05, 0) is 25.5 Å². The Hall–Kier alpha value is -1.62. The molecule has 4 nitrogen and oxygen atoms in total. The average molecular weight is 280 g/mol. The van der Waals surface area contributed by atoms with Gasteiger partial charge in [-0.2, -0.15) is 0 Å². The van der Waals surface area contributed by atoms with Crippen molar-refractivity contribution in [1.29, 1.82) is 0 Å². The lowest BCUT2D eigenvalue weighted by Gasteiger charge is -2.39. The monoisotopic (exact) mass is 280 g/mol. The van der Waals surface area contributed by atoms with Gasteiger partial charge in [0.2, 0.25) is 0 Å². The molecule has 1 atom stereocenters. The molecule has 0 saturated carbocycles. The van der Waals surface area contributed by atoms with Gasteiger partial charge in [-0.25, -0.2) is 9.18 Å². The molecule has 1 unspecified atom stereocenters. The van der Waals surface area contributed by atoms with E-state index in [1.807, 2.05) is 4.90 Å². The summed E-state index contributed by atoms with van der Waals surface area (Å²) in [5.41, 5.74) is 0.269. The van der Waals surface area contributed by atoms with Crippen LogP contribution >= 0.6 is 0 Å². The van der Waals surface area contributed by atoms with Crippen LogP contribution in [0.2, 0.25) is 0 Å². The van der Waals surface area contributed by atoms with Crippen molar-refractivity contribution < 1.29 is 14.3 Å². The summed E-state index contributed by atoms with van der Waals surface area (Å²) in [5, 5.41) is 9.18. The first kappa shape index (κ1) is 14.8. The highest BCUT2D eigenvalue weighted by Gasteiger charge is 2.25. The van der Waals surface area contributed by atoms with Gasteiger partial charge in [0.15, 0.2) is 0 Å². The van der Waals surface area contributed by atoms with Crippen molar-refractivity contribution in [2.45, 2.75) is 26.3 Å². The van der Waals surface area contributed by atoms with Gasteiger partial charge in [0.05, 0.1) is 5.69 Å². The molecule has 1 N–H and O–H groups in total. The molecule has 1 aromatic carbocycles. The van der Waals surface area contributed by atoms with E-state index < -0.39 is 11.8 Å². The summed E-state index contributed by atoms with van der Waals surface area (Å²) in [4.78, 5) is 15.6. The summed E-state index contributed by atoms with van der Waals surface area (Å²) >= 11 is 0. The van der Waals surface area contributed by atoms with Crippen LogP contribution < -0.4 is 4.90 Å². The number of anilines is 1. The van der Waals surface area contributed by atoms with Gasteiger partial charge < -0.3 is 10.0 Å². The SMILES string of the molecule is CCC(C)N1CCN(c2cccc(F)c2C(=O)O)CC1. The molecule has 0 amide bonds. The van der Waals surface area contributed by atoms with Crippen LogP contribution in [0.5, 0.6) is 0 Å². The van der Waals surface area contributed by atoms with Crippen LogP contribution in [-0.2, 0) is 0 Å². The number of benzene rings is 1. The van der Waals surface area contributed by atoms with Gasteiger partial charge in [-0.1, -0.05) is 13.0 Å². The molecule has 0 aromatic heterocycles. The van der Waals surface area contributed by atoms with Crippen molar-refractivity contribution in [2.24, 2.45) is 0 Å². The van der Waals surface area contributed by atoms with Crippen molar-refractivity contribution in [3.8, 4) is 0 Å². The van der Waals surface area contributed by atoms with Crippen LogP contribution in [-0.4, -0.2) is 48.2 Å². The van der Waals surface area contributed by atoms with E-state index in [4.69, 9.17) is 0 Å². The van der Waals surface area contributed by atoms with Crippen molar-refractivity contribution in [2.75, 3.05) is 31.1 Å². The fourth-order valence-electron chi connectivity index (χ4n) is 2.65. The lowest BCUT2D eigenvalue weighted by Crippen LogP contribution is -2.49. The second kappa shape index (κ2) is 6.22. The van der Waals surface area contributed by atoms with Crippen LogP contribution in [0.15, 0.2) is 18.2 Å². The summed E-state index contributed by atoms with van der Waals surface area (Å²) in [7, 11) is 0. The molecule has 0 spiro atoms. The van der Waals surface area contributed by atoms with Crippen molar-refractivity contribution in [3.05, 3.63) is 29.6 Å². The Morgan fingerprint density at radius 3 is 2.55 bits per heavy atom. The van der Waals surface area contributed by atoms with E-state index in [1.165, 1.54) is 6.07 Å². The van der Waals surface area contributed by atoms with Crippen LogP contribution in [0, 0.1) is 5.82 Å². The maximum atomic E-state index is 13.7. The highest BCUT2D eigenvalue weighted by molar-refractivity contribution is 5.94. The molecule has 2 rings (SSSR count). The predicted octanol–water partition coefficient (Wildman–Crippen LogP) is 2.44. The molecule has 0 bridgehead atoms. The summed E-state index contributed by atoms with van der Waals surface area (Å²) in [6.07, 6.45) is 1.10. The quantitative estimate of drug-likeness (QED) is 0.920. The number of carboxylic acid groups (broad SMARTS) is 1. The lowest BCUT2D eigenvalue weighted by molar-refractivity contribution is 0.0692. The fourth-order valence-corrected chi connectivity index (χ4v) is 2.65.